The van der Waals surface area contributed by atoms with Crippen molar-refractivity contribution in [2.75, 3.05) is 27.4 Å². The van der Waals surface area contributed by atoms with Gasteiger partial charge in [-0.15, -0.1) is 0 Å². The van der Waals surface area contributed by atoms with Gasteiger partial charge < -0.3 is 9.47 Å². The van der Waals surface area contributed by atoms with Crippen molar-refractivity contribution in [3.05, 3.63) is 29.3 Å². The van der Waals surface area contributed by atoms with Crippen molar-refractivity contribution in [3.8, 4) is 11.8 Å². The van der Waals surface area contributed by atoms with E-state index >= 15 is 0 Å². The minimum Gasteiger partial charge on any atom is -0.496 e. The zero-order valence-corrected chi connectivity index (χ0v) is 11.6. The molecule has 0 bridgehead atoms. The van der Waals surface area contributed by atoms with Crippen molar-refractivity contribution in [2.45, 2.75) is 25.4 Å². The van der Waals surface area contributed by atoms with Gasteiger partial charge >= 0.3 is 0 Å². The molecule has 0 atom stereocenters. The summed E-state index contributed by atoms with van der Waals surface area (Å²) in [5.74, 6) is 0.849. The SMILES string of the molecule is COCCN(Cc1cc(C#N)ccc1OC)C1CC1. The first kappa shape index (κ1) is 13.9. The standard InChI is InChI=1S/C15H20N2O2/c1-18-8-7-17(14-4-5-14)11-13-9-12(10-16)3-6-15(13)19-2/h3,6,9,14H,4-5,7-8,11H2,1-2H3. The van der Waals surface area contributed by atoms with Crippen LogP contribution in [0.1, 0.15) is 24.0 Å². The molecule has 1 aliphatic rings. The Hall–Kier alpha value is -1.57. The predicted octanol–water partition coefficient (Wildman–Crippen LogP) is 2.18. The maximum Gasteiger partial charge on any atom is 0.123 e. The van der Waals surface area contributed by atoms with E-state index in [2.05, 4.69) is 11.0 Å². The molecule has 102 valence electrons. The van der Waals surface area contributed by atoms with Crippen LogP contribution >= 0.6 is 0 Å². The number of nitrogens with zero attached hydrogens (tertiary/aromatic N) is 2. The lowest BCUT2D eigenvalue weighted by Crippen LogP contribution is -2.29. The van der Waals surface area contributed by atoms with Crippen LogP contribution in [0.5, 0.6) is 5.75 Å². The van der Waals surface area contributed by atoms with E-state index in [9.17, 15) is 0 Å². The summed E-state index contributed by atoms with van der Waals surface area (Å²) >= 11 is 0. The molecule has 0 unspecified atom stereocenters. The maximum atomic E-state index is 9.00. The monoisotopic (exact) mass is 260 g/mol. The van der Waals surface area contributed by atoms with Crippen LogP contribution in [0.3, 0.4) is 0 Å². The Morgan fingerprint density at radius 1 is 1.37 bits per heavy atom. The summed E-state index contributed by atoms with van der Waals surface area (Å²) in [5.41, 5.74) is 1.75. The van der Waals surface area contributed by atoms with Crippen molar-refractivity contribution < 1.29 is 9.47 Å². The van der Waals surface area contributed by atoms with E-state index in [1.54, 1.807) is 20.3 Å². The number of ether oxygens (including phenoxy) is 2. The van der Waals surface area contributed by atoms with E-state index in [0.29, 0.717) is 11.6 Å². The van der Waals surface area contributed by atoms with Gasteiger partial charge in [0.2, 0.25) is 0 Å². The van der Waals surface area contributed by atoms with Crippen LogP contribution in [0.2, 0.25) is 0 Å². The minimum atomic E-state index is 0.658. The second-order valence-electron chi connectivity index (χ2n) is 4.83. The minimum absolute atomic E-state index is 0.658. The van der Waals surface area contributed by atoms with Gasteiger partial charge in [-0.1, -0.05) is 0 Å². The fraction of sp³-hybridized carbons (Fsp3) is 0.533. The molecule has 1 fully saturated rings. The first-order valence-corrected chi connectivity index (χ1v) is 6.58. The van der Waals surface area contributed by atoms with E-state index in [1.165, 1.54) is 12.8 Å². The van der Waals surface area contributed by atoms with Crippen molar-refractivity contribution >= 4 is 0 Å². The molecule has 1 saturated carbocycles. The largest absolute Gasteiger partial charge is 0.496 e. The third-order valence-corrected chi connectivity index (χ3v) is 3.43. The predicted molar refractivity (Wildman–Crippen MR) is 73.0 cm³/mol. The Morgan fingerprint density at radius 2 is 2.16 bits per heavy atom. The summed E-state index contributed by atoms with van der Waals surface area (Å²) in [6.07, 6.45) is 2.51. The van der Waals surface area contributed by atoms with Crippen LogP contribution < -0.4 is 4.74 Å². The number of nitriles is 1. The highest BCUT2D eigenvalue weighted by molar-refractivity contribution is 5.42. The molecule has 4 nitrogen and oxygen atoms in total. The topological polar surface area (TPSA) is 45.5 Å². The zero-order valence-electron chi connectivity index (χ0n) is 11.6. The normalized spacial score (nSPS) is 14.4. The van der Waals surface area contributed by atoms with Gasteiger partial charge in [-0.05, 0) is 31.0 Å². The zero-order chi connectivity index (χ0) is 13.7. The lowest BCUT2D eigenvalue weighted by Gasteiger charge is -2.22. The summed E-state index contributed by atoms with van der Waals surface area (Å²) in [4.78, 5) is 2.41. The van der Waals surface area contributed by atoms with E-state index in [1.807, 2.05) is 12.1 Å². The highest BCUT2D eigenvalue weighted by atomic mass is 16.5. The molecule has 0 aromatic heterocycles. The van der Waals surface area contributed by atoms with Crippen LogP contribution in [-0.4, -0.2) is 38.3 Å². The van der Waals surface area contributed by atoms with Crippen LogP contribution in [0.4, 0.5) is 0 Å². The van der Waals surface area contributed by atoms with Crippen LogP contribution in [-0.2, 0) is 11.3 Å². The molecule has 1 aromatic carbocycles. The molecule has 0 amide bonds. The number of hydrogen-bond acceptors (Lipinski definition) is 4. The maximum absolute atomic E-state index is 9.00. The first-order chi connectivity index (χ1) is 9.28. The second-order valence-corrected chi connectivity index (χ2v) is 4.83. The van der Waals surface area contributed by atoms with Crippen LogP contribution in [0.15, 0.2) is 18.2 Å². The average Bonchev–Trinajstić information content (AvgIpc) is 3.27. The number of rotatable bonds is 7. The summed E-state index contributed by atoms with van der Waals surface area (Å²) in [6.45, 7) is 2.46. The molecule has 0 heterocycles. The van der Waals surface area contributed by atoms with Gasteiger partial charge in [-0.25, -0.2) is 0 Å². The van der Waals surface area contributed by atoms with Crippen LogP contribution in [0, 0.1) is 11.3 Å². The van der Waals surface area contributed by atoms with Crippen molar-refractivity contribution in [3.63, 3.8) is 0 Å². The molecule has 0 spiro atoms. The molecule has 4 heteroatoms. The fourth-order valence-corrected chi connectivity index (χ4v) is 2.23. The van der Waals surface area contributed by atoms with Crippen molar-refractivity contribution in [1.82, 2.24) is 4.90 Å². The smallest absolute Gasteiger partial charge is 0.123 e. The Morgan fingerprint density at radius 3 is 2.74 bits per heavy atom. The molecule has 2 rings (SSSR count). The molecule has 0 aliphatic heterocycles. The van der Waals surface area contributed by atoms with Crippen LogP contribution in [0.25, 0.3) is 0 Å². The third kappa shape index (κ3) is 3.69. The second kappa shape index (κ2) is 6.55. The van der Waals surface area contributed by atoms with Gasteiger partial charge in [0.15, 0.2) is 0 Å². The first-order valence-electron chi connectivity index (χ1n) is 6.58. The Labute approximate surface area is 114 Å². The molecular formula is C15H20N2O2. The lowest BCUT2D eigenvalue weighted by molar-refractivity contribution is 0.139. The number of hydrogen-bond donors (Lipinski definition) is 0. The average molecular weight is 260 g/mol. The molecule has 1 aliphatic carbocycles. The van der Waals surface area contributed by atoms with E-state index in [4.69, 9.17) is 14.7 Å². The van der Waals surface area contributed by atoms with Gasteiger partial charge in [0.25, 0.3) is 0 Å². The molecule has 1 aromatic rings. The van der Waals surface area contributed by atoms with Crippen molar-refractivity contribution in [2.24, 2.45) is 0 Å². The highest BCUT2D eigenvalue weighted by Crippen LogP contribution is 2.30. The fourth-order valence-electron chi connectivity index (χ4n) is 2.23. The molecule has 0 N–H and O–H groups in total. The lowest BCUT2D eigenvalue weighted by atomic mass is 10.1. The summed E-state index contributed by atoms with van der Waals surface area (Å²) in [6, 6.07) is 8.42. The van der Waals surface area contributed by atoms with Gasteiger partial charge in [0.1, 0.15) is 5.75 Å². The van der Waals surface area contributed by atoms with Gasteiger partial charge in [-0.2, -0.15) is 5.26 Å². The van der Waals surface area contributed by atoms with E-state index in [-0.39, 0.29) is 0 Å². The third-order valence-electron chi connectivity index (χ3n) is 3.43. The Balaban J connectivity index is 2.12. The molecular weight excluding hydrogens is 240 g/mol. The number of methoxy groups -OCH3 is 2. The van der Waals surface area contributed by atoms with Crippen molar-refractivity contribution in [1.29, 1.82) is 5.26 Å². The summed E-state index contributed by atoms with van der Waals surface area (Å²) in [5, 5.41) is 9.00. The molecule has 0 saturated heterocycles. The number of benzene rings is 1. The summed E-state index contributed by atoms with van der Waals surface area (Å²) in [7, 11) is 3.39. The van der Waals surface area contributed by atoms with Gasteiger partial charge in [0, 0.05) is 31.8 Å². The van der Waals surface area contributed by atoms with E-state index in [0.717, 1.165) is 31.0 Å². The molecule has 19 heavy (non-hydrogen) atoms. The molecule has 0 radical (unpaired) electrons. The van der Waals surface area contributed by atoms with Gasteiger partial charge in [-0.3, -0.25) is 4.90 Å². The Kier molecular flexibility index (Phi) is 4.78. The van der Waals surface area contributed by atoms with E-state index < -0.39 is 0 Å². The summed E-state index contributed by atoms with van der Waals surface area (Å²) < 4.78 is 10.5. The Bertz CT molecular complexity index is 464. The quantitative estimate of drug-likeness (QED) is 0.754. The van der Waals surface area contributed by atoms with Gasteiger partial charge in [0.05, 0.1) is 25.3 Å². The highest BCUT2D eigenvalue weighted by Gasteiger charge is 2.29.